The second kappa shape index (κ2) is 4.88. The number of methoxy groups -OCH3 is 2. The van der Waals surface area contributed by atoms with E-state index in [-0.39, 0.29) is 0 Å². The highest BCUT2D eigenvalue weighted by Gasteiger charge is 2.14. The Morgan fingerprint density at radius 1 is 1.25 bits per heavy atom. The lowest BCUT2D eigenvalue weighted by molar-refractivity contribution is 0.387. The summed E-state index contributed by atoms with van der Waals surface area (Å²) in [6, 6.07) is 5.80. The second-order valence-corrected chi connectivity index (χ2v) is 3.57. The number of nitrogens with one attached hydrogen (secondary N) is 1. The zero-order valence-corrected chi connectivity index (χ0v) is 9.62. The zero-order valence-electron chi connectivity index (χ0n) is 9.62. The Kier molecular flexibility index (Phi) is 3.29. The van der Waals surface area contributed by atoms with Gasteiger partial charge in [0, 0.05) is 18.5 Å². The predicted octanol–water partition coefficient (Wildman–Crippen LogP) is 1.25. The van der Waals surface area contributed by atoms with E-state index in [4.69, 9.17) is 9.47 Å². The number of rotatable bonds is 4. The van der Waals surface area contributed by atoms with E-state index in [0.717, 1.165) is 42.4 Å². The first kappa shape index (κ1) is 10.8. The first-order valence-corrected chi connectivity index (χ1v) is 5.32. The Balaban J connectivity index is 2.28. The number of hydrogen-bond donors (Lipinski definition) is 1. The summed E-state index contributed by atoms with van der Waals surface area (Å²) in [6.07, 6.45) is 0.729. The van der Waals surface area contributed by atoms with E-state index in [1.165, 1.54) is 0 Å². The van der Waals surface area contributed by atoms with Gasteiger partial charge in [-0.1, -0.05) is 6.07 Å². The number of ether oxygens (including phenoxy) is 2. The molecule has 1 aromatic carbocycles. The third kappa shape index (κ3) is 2.10. The standard InChI is InChI=1S/C12H16N2O2/c1-15-10-4-3-5-11(16-2)9(10)8-12-13-6-7-14-12/h3-5H,6-8H2,1-2H3,(H,13,14). The average Bonchev–Trinajstić information content (AvgIpc) is 2.82. The van der Waals surface area contributed by atoms with E-state index < -0.39 is 0 Å². The highest BCUT2D eigenvalue weighted by molar-refractivity contribution is 5.86. The molecule has 1 aliphatic rings. The van der Waals surface area contributed by atoms with Crippen molar-refractivity contribution in [2.45, 2.75) is 6.42 Å². The van der Waals surface area contributed by atoms with Gasteiger partial charge < -0.3 is 14.8 Å². The number of aliphatic imine (C=N–C) groups is 1. The van der Waals surface area contributed by atoms with Crippen LogP contribution in [0.2, 0.25) is 0 Å². The Morgan fingerprint density at radius 3 is 2.44 bits per heavy atom. The Bertz CT molecular complexity index is 380. The van der Waals surface area contributed by atoms with E-state index in [2.05, 4.69) is 10.3 Å². The summed E-state index contributed by atoms with van der Waals surface area (Å²) < 4.78 is 10.7. The normalized spacial score (nSPS) is 14.2. The van der Waals surface area contributed by atoms with Gasteiger partial charge in [0.15, 0.2) is 0 Å². The lowest BCUT2D eigenvalue weighted by Gasteiger charge is -2.12. The molecular formula is C12H16N2O2. The minimum absolute atomic E-state index is 0.729. The van der Waals surface area contributed by atoms with Crippen LogP contribution in [-0.2, 0) is 6.42 Å². The van der Waals surface area contributed by atoms with Crippen molar-refractivity contribution in [3.63, 3.8) is 0 Å². The van der Waals surface area contributed by atoms with Crippen molar-refractivity contribution in [1.29, 1.82) is 0 Å². The molecule has 0 bridgehead atoms. The van der Waals surface area contributed by atoms with E-state index in [9.17, 15) is 0 Å². The maximum absolute atomic E-state index is 5.34. The molecular weight excluding hydrogens is 204 g/mol. The van der Waals surface area contributed by atoms with Gasteiger partial charge in [-0.25, -0.2) is 0 Å². The Hall–Kier alpha value is -1.71. The quantitative estimate of drug-likeness (QED) is 0.830. The van der Waals surface area contributed by atoms with E-state index >= 15 is 0 Å². The smallest absolute Gasteiger partial charge is 0.126 e. The van der Waals surface area contributed by atoms with Gasteiger partial charge in [0.1, 0.15) is 17.3 Å². The molecule has 4 nitrogen and oxygen atoms in total. The predicted molar refractivity (Wildman–Crippen MR) is 63.6 cm³/mol. The van der Waals surface area contributed by atoms with Gasteiger partial charge in [0.25, 0.3) is 0 Å². The molecule has 0 saturated heterocycles. The van der Waals surface area contributed by atoms with Crippen LogP contribution < -0.4 is 14.8 Å². The third-order valence-electron chi connectivity index (χ3n) is 2.62. The molecule has 2 rings (SSSR count). The fourth-order valence-corrected chi connectivity index (χ4v) is 1.84. The van der Waals surface area contributed by atoms with Crippen LogP contribution in [0.15, 0.2) is 23.2 Å². The SMILES string of the molecule is COc1cccc(OC)c1CC1=NCCN1. The lowest BCUT2D eigenvalue weighted by atomic mass is 10.1. The lowest BCUT2D eigenvalue weighted by Crippen LogP contribution is -2.21. The minimum atomic E-state index is 0.729. The van der Waals surface area contributed by atoms with Gasteiger partial charge in [-0.15, -0.1) is 0 Å². The van der Waals surface area contributed by atoms with Gasteiger partial charge in [0.05, 0.1) is 20.8 Å². The molecule has 1 heterocycles. The van der Waals surface area contributed by atoms with Gasteiger partial charge >= 0.3 is 0 Å². The van der Waals surface area contributed by atoms with Gasteiger partial charge in [-0.05, 0) is 12.1 Å². The van der Waals surface area contributed by atoms with Crippen LogP contribution in [0.25, 0.3) is 0 Å². The summed E-state index contributed by atoms with van der Waals surface area (Å²) in [5.74, 6) is 2.69. The minimum Gasteiger partial charge on any atom is -0.496 e. The van der Waals surface area contributed by atoms with Gasteiger partial charge in [-0.3, -0.25) is 4.99 Å². The van der Waals surface area contributed by atoms with Crippen LogP contribution in [-0.4, -0.2) is 33.1 Å². The summed E-state index contributed by atoms with van der Waals surface area (Å²) >= 11 is 0. The molecule has 1 aliphatic heterocycles. The van der Waals surface area contributed by atoms with Crippen LogP contribution in [0.3, 0.4) is 0 Å². The van der Waals surface area contributed by atoms with Crippen LogP contribution in [0.4, 0.5) is 0 Å². The van der Waals surface area contributed by atoms with Gasteiger partial charge in [0.2, 0.25) is 0 Å². The average molecular weight is 220 g/mol. The maximum atomic E-state index is 5.34. The molecule has 4 heteroatoms. The number of benzene rings is 1. The van der Waals surface area contributed by atoms with Crippen LogP contribution >= 0.6 is 0 Å². The first-order valence-electron chi connectivity index (χ1n) is 5.32. The van der Waals surface area contributed by atoms with Crippen molar-refractivity contribution in [2.24, 2.45) is 4.99 Å². The number of nitrogens with zero attached hydrogens (tertiary/aromatic N) is 1. The second-order valence-electron chi connectivity index (χ2n) is 3.57. The van der Waals surface area contributed by atoms with Crippen LogP contribution in [0, 0.1) is 0 Å². The Labute approximate surface area is 95.3 Å². The fraction of sp³-hybridized carbons (Fsp3) is 0.417. The van der Waals surface area contributed by atoms with Crippen molar-refractivity contribution in [2.75, 3.05) is 27.3 Å². The molecule has 86 valence electrons. The van der Waals surface area contributed by atoms with Crippen molar-refractivity contribution in [3.8, 4) is 11.5 Å². The molecule has 1 N–H and O–H groups in total. The van der Waals surface area contributed by atoms with Crippen LogP contribution in [0.5, 0.6) is 11.5 Å². The maximum Gasteiger partial charge on any atom is 0.126 e. The van der Waals surface area contributed by atoms with E-state index in [1.807, 2.05) is 18.2 Å². The molecule has 0 spiro atoms. The molecule has 1 aromatic rings. The molecule has 0 fully saturated rings. The topological polar surface area (TPSA) is 42.9 Å². The highest BCUT2D eigenvalue weighted by atomic mass is 16.5. The molecule has 0 unspecified atom stereocenters. The number of hydrogen-bond acceptors (Lipinski definition) is 4. The van der Waals surface area contributed by atoms with E-state index in [1.54, 1.807) is 14.2 Å². The Morgan fingerprint density at radius 2 is 1.94 bits per heavy atom. The molecule has 16 heavy (non-hydrogen) atoms. The fourth-order valence-electron chi connectivity index (χ4n) is 1.84. The summed E-state index contributed by atoms with van der Waals surface area (Å²) in [7, 11) is 3.34. The van der Waals surface area contributed by atoms with Crippen molar-refractivity contribution >= 4 is 5.84 Å². The zero-order chi connectivity index (χ0) is 11.4. The monoisotopic (exact) mass is 220 g/mol. The molecule has 0 saturated carbocycles. The largest absolute Gasteiger partial charge is 0.496 e. The molecule has 0 radical (unpaired) electrons. The van der Waals surface area contributed by atoms with Crippen molar-refractivity contribution < 1.29 is 9.47 Å². The van der Waals surface area contributed by atoms with Crippen molar-refractivity contribution in [3.05, 3.63) is 23.8 Å². The van der Waals surface area contributed by atoms with Crippen LogP contribution in [0.1, 0.15) is 5.56 Å². The summed E-state index contributed by atoms with van der Waals surface area (Å²) in [6.45, 7) is 1.78. The summed E-state index contributed by atoms with van der Waals surface area (Å²) in [4.78, 5) is 4.38. The van der Waals surface area contributed by atoms with Gasteiger partial charge in [-0.2, -0.15) is 0 Å². The van der Waals surface area contributed by atoms with Crippen molar-refractivity contribution in [1.82, 2.24) is 5.32 Å². The highest BCUT2D eigenvalue weighted by Crippen LogP contribution is 2.28. The molecule has 0 aliphatic carbocycles. The summed E-state index contributed by atoms with van der Waals surface area (Å²) in [5.41, 5.74) is 1.04. The first-order chi connectivity index (χ1) is 7.85. The number of amidine groups is 1. The molecule has 0 atom stereocenters. The molecule has 0 aromatic heterocycles. The third-order valence-corrected chi connectivity index (χ3v) is 2.62. The summed E-state index contributed by atoms with van der Waals surface area (Å²) in [5, 5.41) is 3.25. The van der Waals surface area contributed by atoms with E-state index in [0.29, 0.717) is 0 Å². The molecule has 0 amide bonds.